The fourth-order valence-electron chi connectivity index (χ4n) is 4.05. The highest BCUT2D eigenvalue weighted by Crippen LogP contribution is 2.55. The molecule has 0 aliphatic carbocycles. The first-order valence-electron chi connectivity index (χ1n) is 11.3. The second kappa shape index (κ2) is 11.2. The van der Waals surface area contributed by atoms with Gasteiger partial charge in [0.25, 0.3) is 0 Å². The molecule has 0 aromatic heterocycles. The summed E-state index contributed by atoms with van der Waals surface area (Å²) >= 11 is 0. The minimum Gasteiger partial charge on any atom is -0.286 e. The molecule has 0 amide bonds. The van der Waals surface area contributed by atoms with Crippen LogP contribution in [-0.4, -0.2) is 34.9 Å². The van der Waals surface area contributed by atoms with Crippen molar-refractivity contribution in [2.24, 2.45) is 0 Å². The smallest absolute Gasteiger partial charge is 0.286 e. The highest BCUT2D eigenvalue weighted by molar-refractivity contribution is 5.20. The molecule has 0 bridgehead atoms. The second-order valence-electron chi connectivity index (χ2n) is 8.69. The van der Waals surface area contributed by atoms with Gasteiger partial charge in [0.2, 0.25) is 0 Å². The normalized spacial score (nSPS) is 14.1. The van der Waals surface area contributed by atoms with Crippen LogP contribution in [0.25, 0.3) is 0 Å². The van der Waals surface area contributed by atoms with E-state index in [4.69, 9.17) is 0 Å². The second-order valence-corrected chi connectivity index (χ2v) is 8.69. The average Bonchev–Trinajstić information content (AvgIpc) is 2.85. The van der Waals surface area contributed by atoms with Gasteiger partial charge in [-0.3, -0.25) is 4.90 Å². The van der Waals surface area contributed by atoms with Crippen molar-refractivity contribution in [2.75, 3.05) is 0 Å². The number of hydrogen-bond acceptors (Lipinski definition) is 1. The van der Waals surface area contributed by atoms with Gasteiger partial charge in [-0.2, -0.15) is 39.5 Å². The average molecular weight is 533 g/mol. The van der Waals surface area contributed by atoms with E-state index in [0.29, 0.717) is 16.7 Å². The Balaban J connectivity index is 2.09. The SMILES string of the molecule is FC(F)(F)C(F)(F)C(F)(F)C(F)(F)C(CCc1ccccc1)N(Cc1ccccc1)Cc1ccccc1. The summed E-state index contributed by atoms with van der Waals surface area (Å²) in [5.74, 6) is -19.4. The molecule has 1 unspecified atom stereocenters. The molecule has 200 valence electrons. The first-order chi connectivity index (χ1) is 17.3. The van der Waals surface area contributed by atoms with Crippen molar-refractivity contribution in [1.29, 1.82) is 0 Å². The predicted octanol–water partition coefficient (Wildman–Crippen LogP) is 8.16. The zero-order valence-corrected chi connectivity index (χ0v) is 19.4. The maximum Gasteiger partial charge on any atom is 0.460 e. The molecule has 0 saturated carbocycles. The number of alkyl halides is 9. The van der Waals surface area contributed by atoms with Crippen LogP contribution in [0.2, 0.25) is 0 Å². The van der Waals surface area contributed by atoms with Crippen molar-refractivity contribution in [3.05, 3.63) is 108 Å². The van der Waals surface area contributed by atoms with Crippen molar-refractivity contribution in [1.82, 2.24) is 4.90 Å². The van der Waals surface area contributed by atoms with E-state index in [1.54, 1.807) is 54.6 Å². The molecule has 0 radical (unpaired) electrons. The molecule has 0 N–H and O–H groups in total. The lowest BCUT2D eigenvalue weighted by Crippen LogP contribution is -2.67. The van der Waals surface area contributed by atoms with Crippen molar-refractivity contribution in [2.45, 2.75) is 55.9 Å². The highest BCUT2D eigenvalue weighted by atomic mass is 19.4. The van der Waals surface area contributed by atoms with E-state index in [9.17, 15) is 30.7 Å². The number of benzene rings is 3. The largest absolute Gasteiger partial charge is 0.460 e. The number of halogens is 9. The minimum absolute atomic E-state index is 0.255. The Labute approximate surface area is 208 Å². The third kappa shape index (κ3) is 6.29. The van der Waals surface area contributed by atoms with Gasteiger partial charge in [-0.25, -0.2) is 0 Å². The van der Waals surface area contributed by atoms with E-state index < -0.39 is 49.5 Å². The molecule has 3 aromatic rings. The molecule has 1 nitrogen and oxygen atoms in total. The number of rotatable bonds is 11. The zero-order valence-electron chi connectivity index (χ0n) is 19.4. The molecule has 10 heteroatoms. The minimum atomic E-state index is -6.96. The Hall–Kier alpha value is -3.01. The first-order valence-corrected chi connectivity index (χ1v) is 11.3. The predicted molar refractivity (Wildman–Crippen MR) is 122 cm³/mol. The molecule has 0 fully saturated rings. The van der Waals surface area contributed by atoms with Gasteiger partial charge in [0.15, 0.2) is 0 Å². The third-order valence-corrected chi connectivity index (χ3v) is 6.03. The molecule has 0 spiro atoms. The summed E-state index contributed by atoms with van der Waals surface area (Å²) in [6.07, 6.45) is -7.94. The number of aryl methyl sites for hydroxylation is 1. The summed E-state index contributed by atoms with van der Waals surface area (Å²) in [7, 11) is 0. The lowest BCUT2D eigenvalue weighted by molar-refractivity contribution is -0.403. The van der Waals surface area contributed by atoms with Crippen LogP contribution in [0, 0.1) is 0 Å². The molecule has 3 aromatic carbocycles. The molecule has 3 rings (SSSR count). The summed E-state index contributed by atoms with van der Waals surface area (Å²) in [4.78, 5) is 0.841. The molecule has 0 aliphatic rings. The fraction of sp³-hybridized carbons (Fsp3) is 0.333. The molecular formula is C27H24F9N. The summed E-state index contributed by atoms with van der Waals surface area (Å²) in [5.41, 5.74) is 1.23. The Morgan fingerprint density at radius 2 is 0.892 bits per heavy atom. The highest BCUT2D eigenvalue weighted by Gasteiger charge is 2.83. The van der Waals surface area contributed by atoms with Gasteiger partial charge in [0.05, 0.1) is 6.04 Å². The van der Waals surface area contributed by atoms with Gasteiger partial charge in [-0.05, 0) is 29.5 Å². The van der Waals surface area contributed by atoms with Crippen molar-refractivity contribution >= 4 is 0 Å². The van der Waals surface area contributed by atoms with Gasteiger partial charge < -0.3 is 0 Å². The van der Waals surface area contributed by atoms with Crippen LogP contribution in [0.4, 0.5) is 39.5 Å². The molecule has 0 saturated heterocycles. The Morgan fingerprint density at radius 1 is 0.514 bits per heavy atom. The van der Waals surface area contributed by atoms with E-state index >= 15 is 8.78 Å². The van der Waals surface area contributed by atoms with Crippen LogP contribution in [0.5, 0.6) is 0 Å². The van der Waals surface area contributed by atoms with E-state index in [0.717, 1.165) is 4.90 Å². The van der Waals surface area contributed by atoms with Crippen LogP contribution in [0.1, 0.15) is 23.1 Å². The lowest BCUT2D eigenvalue weighted by Gasteiger charge is -2.42. The fourth-order valence-corrected chi connectivity index (χ4v) is 4.05. The molecule has 1 atom stereocenters. The molecule has 0 aliphatic heterocycles. The summed E-state index contributed by atoms with van der Waals surface area (Å²) in [6.45, 7) is -0.781. The van der Waals surface area contributed by atoms with Gasteiger partial charge in [0.1, 0.15) is 0 Å². The van der Waals surface area contributed by atoms with Crippen LogP contribution >= 0.6 is 0 Å². The topological polar surface area (TPSA) is 3.24 Å². The van der Waals surface area contributed by atoms with Crippen LogP contribution < -0.4 is 0 Å². The van der Waals surface area contributed by atoms with Gasteiger partial charge >= 0.3 is 23.9 Å². The Morgan fingerprint density at radius 3 is 1.27 bits per heavy atom. The third-order valence-electron chi connectivity index (χ3n) is 6.03. The van der Waals surface area contributed by atoms with E-state index in [2.05, 4.69) is 0 Å². The quantitative estimate of drug-likeness (QED) is 0.225. The van der Waals surface area contributed by atoms with Crippen molar-refractivity contribution in [3.63, 3.8) is 0 Å². The molecule has 37 heavy (non-hydrogen) atoms. The summed E-state index contributed by atoms with van der Waals surface area (Å²) in [5, 5.41) is 0. The van der Waals surface area contributed by atoms with Gasteiger partial charge in [0, 0.05) is 13.1 Å². The number of nitrogens with zero attached hydrogens (tertiary/aromatic N) is 1. The first kappa shape index (κ1) is 28.6. The van der Waals surface area contributed by atoms with E-state index in [1.165, 1.54) is 36.4 Å². The van der Waals surface area contributed by atoms with Gasteiger partial charge in [-0.15, -0.1) is 0 Å². The monoisotopic (exact) mass is 533 g/mol. The van der Waals surface area contributed by atoms with E-state index in [-0.39, 0.29) is 6.42 Å². The number of hydrogen-bond donors (Lipinski definition) is 0. The van der Waals surface area contributed by atoms with Crippen LogP contribution in [0.15, 0.2) is 91.0 Å². The van der Waals surface area contributed by atoms with Crippen LogP contribution in [0.3, 0.4) is 0 Å². The maximum atomic E-state index is 15.5. The zero-order chi connectivity index (χ0) is 27.3. The van der Waals surface area contributed by atoms with Crippen molar-refractivity contribution in [3.8, 4) is 0 Å². The van der Waals surface area contributed by atoms with Crippen molar-refractivity contribution < 1.29 is 39.5 Å². The Bertz CT molecular complexity index is 1060. The summed E-state index contributed by atoms with van der Waals surface area (Å²) in [6, 6.07) is 20.8. The summed E-state index contributed by atoms with van der Waals surface area (Å²) < 4.78 is 127. The maximum absolute atomic E-state index is 15.5. The van der Waals surface area contributed by atoms with Crippen LogP contribution in [-0.2, 0) is 19.5 Å². The lowest BCUT2D eigenvalue weighted by atomic mass is 9.90. The molecule has 0 heterocycles. The van der Waals surface area contributed by atoms with E-state index in [1.807, 2.05) is 0 Å². The van der Waals surface area contributed by atoms with Gasteiger partial charge in [-0.1, -0.05) is 91.0 Å². The Kier molecular flexibility index (Phi) is 8.62. The standard InChI is InChI=1S/C27H24F9N/c28-24(29,25(30,31)26(32,33)27(34,35)36)23(17-16-20-10-4-1-5-11-20)37(18-21-12-6-2-7-13-21)19-22-14-8-3-9-15-22/h1-15,23H,16-19H2. The molecular weight excluding hydrogens is 509 g/mol.